The molecule has 4 aliphatic carbocycles. The number of nitrogens with one attached hydrogen (secondary N) is 2. The van der Waals surface area contributed by atoms with E-state index in [2.05, 4.69) is 15.3 Å². The van der Waals surface area contributed by atoms with Crippen molar-refractivity contribution in [1.82, 2.24) is 15.3 Å². The van der Waals surface area contributed by atoms with Gasteiger partial charge in [0.05, 0.1) is 29.7 Å². The van der Waals surface area contributed by atoms with Crippen molar-refractivity contribution in [2.24, 2.45) is 17.1 Å². The number of hydrogen-bond donors (Lipinski definition) is 3. The van der Waals surface area contributed by atoms with E-state index in [4.69, 9.17) is 10.5 Å². The zero-order valence-corrected chi connectivity index (χ0v) is 19.3. The summed E-state index contributed by atoms with van der Waals surface area (Å²) in [5, 5.41) is 3.16. The van der Waals surface area contributed by atoms with Crippen molar-refractivity contribution >= 4 is 16.9 Å². The molecule has 2 aromatic rings. The first-order valence-electron chi connectivity index (χ1n) is 11.7. The summed E-state index contributed by atoms with van der Waals surface area (Å²) in [5.74, 6) is 0.640. The Kier molecular flexibility index (Phi) is 5.29. The zero-order chi connectivity index (χ0) is 24.5. The highest BCUT2D eigenvalue weighted by atomic mass is 19.4. The summed E-state index contributed by atoms with van der Waals surface area (Å²) in [4.78, 5) is 20.2. The molecule has 4 aliphatic rings. The van der Waals surface area contributed by atoms with Crippen LogP contribution in [0.2, 0.25) is 0 Å². The minimum Gasteiger partial charge on any atom is -0.364 e. The lowest BCUT2D eigenvalue weighted by Crippen LogP contribution is -2.65. The SMILES string of the molecule is CC(C)(OC[C@H](N)c1nc2ccc([C@H](NC(=O)CC34CC(F)(C3)C4)C3CC3)cc2[nH]1)C(F)(F)F. The number of alkyl halides is 4. The number of imidazole rings is 1. The largest absolute Gasteiger partial charge is 0.416 e. The molecule has 186 valence electrons. The van der Waals surface area contributed by atoms with Crippen molar-refractivity contribution in [1.29, 1.82) is 0 Å². The number of halogens is 4. The van der Waals surface area contributed by atoms with Crippen molar-refractivity contribution in [3.05, 3.63) is 29.6 Å². The summed E-state index contributed by atoms with van der Waals surface area (Å²) >= 11 is 0. The third kappa shape index (κ3) is 4.30. The number of nitrogens with two attached hydrogens (primary N) is 1. The van der Waals surface area contributed by atoms with Crippen molar-refractivity contribution in [3.63, 3.8) is 0 Å². The Balaban J connectivity index is 1.26. The Morgan fingerprint density at radius 2 is 1.97 bits per heavy atom. The summed E-state index contributed by atoms with van der Waals surface area (Å²) in [7, 11) is 0. The lowest BCUT2D eigenvalue weighted by molar-refractivity contribution is -0.264. The minimum atomic E-state index is -4.51. The van der Waals surface area contributed by atoms with Crippen LogP contribution in [0.15, 0.2) is 18.2 Å². The van der Waals surface area contributed by atoms with Gasteiger partial charge in [-0.05, 0) is 75.0 Å². The van der Waals surface area contributed by atoms with Gasteiger partial charge in [0.25, 0.3) is 0 Å². The van der Waals surface area contributed by atoms with Gasteiger partial charge in [0, 0.05) is 6.42 Å². The van der Waals surface area contributed by atoms with E-state index in [1.807, 2.05) is 18.2 Å². The average molecular weight is 483 g/mol. The zero-order valence-electron chi connectivity index (χ0n) is 19.3. The van der Waals surface area contributed by atoms with Gasteiger partial charge >= 0.3 is 6.18 Å². The van der Waals surface area contributed by atoms with Gasteiger partial charge in [-0.25, -0.2) is 9.37 Å². The first-order chi connectivity index (χ1) is 15.8. The van der Waals surface area contributed by atoms with Gasteiger partial charge in [0.1, 0.15) is 11.5 Å². The number of ether oxygens (including phenoxy) is 1. The van der Waals surface area contributed by atoms with E-state index < -0.39 is 23.5 Å². The van der Waals surface area contributed by atoms with E-state index in [1.54, 1.807) is 0 Å². The highest BCUT2D eigenvalue weighted by Crippen LogP contribution is 2.71. The maximum atomic E-state index is 13.8. The van der Waals surface area contributed by atoms with Gasteiger partial charge in [0.2, 0.25) is 5.91 Å². The monoisotopic (exact) mass is 482 g/mol. The maximum Gasteiger partial charge on any atom is 0.416 e. The number of benzene rings is 1. The number of hydrogen-bond acceptors (Lipinski definition) is 4. The van der Waals surface area contributed by atoms with Gasteiger partial charge in [-0.2, -0.15) is 13.2 Å². The van der Waals surface area contributed by atoms with E-state index in [0.717, 1.165) is 32.3 Å². The smallest absolute Gasteiger partial charge is 0.364 e. The Morgan fingerprint density at radius 3 is 2.56 bits per heavy atom. The molecule has 10 heteroatoms. The van der Waals surface area contributed by atoms with Gasteiger partial charge < -0.3 is 20.8 Å². The molecule has 4 fully saturated rings. The second-order valence-corrected chi connectivity index (χ2v) is 11.1. The Labute approximate surface area is 195 Å². The number of nitrogens with zero attached hydrogens (tertiary/aromatic N) is 1. The van der Waals surface area contributed by atoms with Crippen LogP contribution in [0.3, 0.4) is 0 Å². The van der Waals surface area contributed by atoms with Crippen molar-refractivity contribution in [2.75, 3.05) is 6.61 Å². The lowest BCUT2D eigenvalue weighted by Gasteiger charge is -2.65. The van der Waals surface area contributed by atoms with E-state index in [1.165, 1.54) is 0 Å². The molecule has 6 rings (SSSR count). The molecule has 0 saturated heterocycles. The minimum absolute atomic E-state index is 0.0458. The number of carbonyl (C=O) groups excluding carboxylic acids is 1. The van der Waals surface area contributed by atoms with Gasteiger partial charge in [-0.1, -0.05) is 6.07 Å². The number of aromatic nitrogens is 2. The van der Waals surface area contributed by atoms with E-state index >= 15 is 0 Å². The normalized spacial score (nSPS) is 28.2. The fourth-order valence-electron chi connectivity index (χ4n) is 5.39. The van der Waals surface area contributed by atoms with Crippen molar-refractivity contribution < 1.29 is 27.1 Å². The predicted molar refractivity (Wildman–Crippen MR) is 117 cm³/mol. The van der Waals surface area contributed by atoms with E-state index in [9.17, 15) is 22.4 Å². The van der Waals surface area contributed by atoms with Crippen LogP contribution < -0.4 is 11.1 Å². The van der Waals surface area contributed by atoms with Crippen LogP contribution in [0.1, 0.15) is 75.8 Å². The Bertz CT molecular complexity index is 1090. The molecule has 0 unspecified atom stereocenters. The van der Waals surface area contributed by atoms with E-state index in [0.29, 0.717) is 48.5 Å². The van der Waals surface area contributed by atoms with Crippen molar-refractivity contribution in [2.45, 2.75) is 81.9 Å². The lowest BCUT2D eigenvalue weighted by atomic mass is 9.41. The highest BCUT2D eigenvalue weighted by molar-refractivity contribution is 5.79. The van der Waals surface area contributed by atoms with Gasteiger partial charge in [0.15, 0.2) is 5.60 Å². The summed E-state index contributed by atoms with van der Waals surface area (Å²) < 4.78 is 57.9. The molecule has 2 bridgehead atoms. The molecule has 1 aromatic heterocycles. The molecule has 1 heterocycles. The highest BCUT2D eigenvalue weighted by Gasteiger charge is 2.69. The maximum absolute atomic E-state index is 13.8. The third-order valence-electron chi connectivity index (χ3n) is 7.56. The second-order valence-electron chi connectivity index (χ2n) is 11.1. The molecule has 4 saturated carbocycles. The molecule has 1 amide bonds. The van der Waals surface area contributed by atoms with Crippen LogP contribution in [-0.4, -0.2) is 39.9 Å². The van der Waals surface area contributed by atoms with Crippen LogP contribution in [0.5, 0.6) is 0 Å². The molecule has 1 aromatic carbocycles. The standard InChI is InChI=1S/C24H30F4N4O2/c1-21(2,24(26,27)28)34-9-15(29)20-30-16-6-5-14(7-17(16)31-20)19(13-3-4-13)32-18(33)8-22-10-23(25,11-22)12-22/h5-7,13,15,19H,3-4,8-12,29H2,1-2H3,(H,30,31)(H,32,33)/t15-,19+,22?,23?/m0/s1. The Morgan fingerprint density at radius 1 is 1.29 bits per heavy atom. The molecule has 34 heavy (non-hydrogen) atoms. The van der Waals surface area contributed by atoms with E-state index in [-0.39, 0.29) is 24.0 Å². The number of rotatable bonds is 9. The third-order valence-corrected chi connectivity index (χ3v) is 7.56. The molecule has 2 atom stereocenters. The average Bonchev–Trinajstić information content (AvgIpc) is 3.45. The first kappa shape index (κ1) is 23.5. The number of aromatic amines is 1. The fraction of sp³-hybridized carbons (Fsp3) is 0.667. The molecular formula is C24H30F4N4O2. The predicted octanol–water partition coefficient (Wildman–Crippen LogP) is 4.77. The summed E-state index contributed by atoms with van der Waals surface area (Å²) in [6, 6.07) is 4.62. The van der Waals surface area contributed by atoms with Crippen molar-refractivity contribution in [3.8, 4) is 0 Å². The Hall–Kier alpha value is -2.20. The topological polar surface area (TPSA) is 93.0 Å². The van der Waals surface area contributed by atoms with Crippen LogP contribution in [0.25, 0.3) is 11.0 Å². The number of fused-ring (bicyclic) bond motifs is 1. The fourth-order valence-corrected chi connectivity index (χ4v) is 5.39. The van der Waals surface area contributed by atoms with Crippen LogP contribution in [-0.2, 0) is 9.53 Å². The van der Waals surface area contributed by atoms with Crippen LogP contribution >= 0.6 is 0 Å². The first-order valence-corrected chi connectivity index (χ1v) is 11.7. The van der Waals surface area contributed by atoms with Gasteiger partial charge in [-0.15, -0.1) is 0 Å². The molecule has 0 spiro atoms. The summed E-state index contributed by atoms with van der Waals surface area (Å²) in [6.45, 7) is 1.57. The van der Waals surface area contributed by atoms with Crippen LogP contribution in [0, 0.1) is 11.3 Å². The quantitative estimate of drug-likeness (QED) is 0.449. The number of H-pyrrole nitrogens is 1. The molecule has 4 N–H and O–H groups in total. The van der Waals surface area contributed by atoms with Gasteiger partial charge in [-0.3, -0.25) is 4.79 Å². The molecule has 6 nitrogen and oxygen atoms in total. The van der Waals surface area contributed by atoms with Crippen LogP contribution in [0.4, 0.5) is 17.6 Å². The molecular weight excluding hydrogens is 452 g/mol. The molecule has 0 radical (unpaired) electrons. The summed E-state index contributed by atoms with van der Waals surface area (Å²) in [5.41, 5.74) is 4.83. The second kappa shape index (κ2) is 7.65. The number of carbonyl (C=O) groups is 1. The summed E-state index contributed by atoms with van der Waals surface area (Å²) in [6.07, 6.45) is -0.622. The number of amides is 1. The molecule has 0 aliphatic heterocycles.